The second-order valence-corrected chi connectivity index (χ2v) is 5.57. The van der Waals surface area contributed by atoms with E-state index in [0.717, 1.165) is 16.7 Å². The summed E-state index contributed by atoms with van der Waals surface area (Å²) in [6.07, 6.45) is 0.449. The average molecular weight is 363 g/mol. The molecule has 0 aliphatic rings. The molecular formula is C17H15BrO4. The number of halogens is 1. The monoisotopic (exact) mass is 362 g/mol. The van der Waals surface area contributed by atoms with Crippen LogP contribution < -0.4 is 0 Å². The number of carboxylic acid groups (broad SMARTS) is 2. The largest absolute Gasteiger partial charge is 0.478 e. The first-order valence-electron chi connectivity index (χ1n) is 6.67. The second kappa shape index (κ2) is 6.75. The molecule has 0 bridgehead atoms. The van der Waals surface area contributed by atoms with Crippen molar-refractivity contribution in [1.29, 1.82) is 0 Å². The van der Waals surface area contributed by atoms with Gasteiger partial charge in [0.1, 0.15) is 0 Å². The van der Waals surface area contributed by atoms with Crippen LogP contribution in [0.3, 0.4) is 0 Å². The molecule has 114 valence electrons. The topological polar surface area (TPSA) is 74.6 Å². The fourth-order valence-electron chi connectivity index (χ4n) is 2.39. The number of hydrogen-bond acceptors (Lipinski definition) is 2. The maximum absolute atomic E-state index is 11.4. The zero-order chi connectivity index (χ0) is 16.3. The van der Waals surface area contributed by atoms with Crippen molar-refractivity contribution in [2.45, 2.75) is 18.7 Å². The minimum absolute atomic E-state index is 0.0221. The summed E-state index contributed by atoms with van der Waals surface area (Å²) in [5.74, 6) is -2.25. The number of rotatable bonds is 5. The van der Waals surface area contributed by atoms with Crippen molar-refractivity contribution in [3.63, 3.8) is 0 Å². The normalized spacial score (nSPS) is 10.5. The molecule has 2 N–H and O–H groups in total. The molecule has 2 rings (SSSR count). The van der Waals surface area contributed by atoms with E-state index in [4.69, 9.17) is 5.11 Å². The van der Waals surface area contributed by atoms with E-state index in [9.17, 15) is 14.7 Å². The van der Waals surface area contributed by atoms with E-state index in [1.807, 2.05) is 25.1 Å². The maximum Gasteiger partial charge on any atom is 0.336 e. The molecule has 4 nitrogen and oxygen atoms in total. The summed E-state index contributed by atoms with van der Waals surface area (Å²) in [6.45, 7) is 2.01. The van der Waals surface area contributed by atoms with Gasteiger partial charge >= 0.3 is 11.9 Å². The molecule has 22 heavy (non-hydrogen) atoms. The lowest BCUT2D eigenvalue weighted by Gasteiger charge is -2.12. The number of alkyl halides is 1. The number of carbonyl (C=O) groups is 2. The molecule has 0 fully saturated rings. The SMILES string of the molecule is Cc1cccc(Cc2ccc(C(=O)O)cc2C(=O)O)c1CBr. The van der Waals surface area contributed by atoms with Gasteiger partial charge in [0.05, 0.1) is 11.1 Å². The number of aromatic carboxylic acids is 2. The molecular weight excluding hydrogens is 348 g/mol. The fraction of sp³-hybridized carbons (Fsp3) is 0.176. The van der Waals surface area contributed by atoms with Gasteiger partial charge in [-0.05, 0) is 47.7 Å². The molecule has 0 spiro atoms. The van der Waals surface area contributed by atoms with Gasteiger partial charge in [-0.15, -0.1) is 0 Å². The predicted molar refractivity (Wildman–Crippen MR) is 87.0 cm³/mol. The number of aryl methyl sites for hydroxylation is 1. The van der Waals surface area contributed by atoms with Gasteiger partial charge in [0, 0.05) is 5.33 Å². The Kier molecular flexibility index (Phi) is 4.98. The summed E-state index contributed by atoms with van der Waals surface area (Å²) in [7, 11) is 0. The smallest absolute Gasteiger partial charge is 0.336 e. The van der Waals surface area contributed by atoms with E-state index >= 15 is 0 Å². The van der Waals surface area contributed by atoms with Gasteiger partial charge in [-0.2, -0.15) is 0 Å². The third kappa shape index (κ3) is 3.36. The molecule has 0 aliphatic heterocycles. The molecule has 0 saturated heterocycles. The summed E-state index contributed by atoms with van der Waals surface area (Å²) in [5, 5.41) is 19.0. The highest BCUT2D eigenvalue weighted by atomic mass is 79.9. The van der Waals surface area contributed by atoms with E-state index in [0.29, 0.717) is 17.3 Å². The molecule has 0 radical (unpaired) electrons. The standard InChI is InChI=1S/C17H15BrO4/c1-10-3-2-4-11(15(10)9-18)7-12-5-6-13(16(19)20)8-14(12)17(21)22/h2-6,8H,7,9H2,1H3,(H,19,20)(H,21,22). The maximum atomic E-state index is 11.4. The predicted octanol–water partition coefficient (Wildman–Crippen LogP) is 3.88. The Morgan fingerprint density at radius 3 is 2.36 bits per heavy atom. The van der Waals surface area contributed by atoms with Crippen LogP contribution in [0.4, 0.5) is 0 Å². The summed E-state index contributed by atoms with van der Waals surface area (Å²) >= 11 is 3.46. The van der Waals surface area contributed by atoms with Gasteiger partial charge in [-0.25, -0.2) is 9.59 Å². The van der Waals surface area contributed by atoms with Crippen LogP contribution in [0.2, 0.25) is 0 Å². The highest BCUT2D eigenvalue weighted by Gasteiger charge is 2.15. The van der Waals surface area contributed by atoms with Gasteiger partial charge in [-0.3, -0.25) is 0 Å². The Bertz CT molecular complexity index is 737. The van der Waals surface area contributed by atoms with Crippen LogP contribution in [0.15, 0.2) is 36.4 Å². The quantitative estimate of drug-likeness (QED) is 0.791. The molecule has 2 aromatic rings. The van der Waals surface area contributed by atoms with Crippen molar-refractivity contribution in [1.82, 2.24) is 0 Å². The van der Waals surface area contributed by atoms with Crippen molar-refractivity contribution in [2.75, 3.05) is 0 Å². The zero-order valence-corrected chi connectivity index (χ0v) is 13.6. The van der Waals surface area contributed by atoms with Crippen LogP contribution in [0.25, 0.3) is 0 Å². The van der Waals surface area contributed by atoms with Crippen molar-refractivity contribution < 1.29 is 19.8 Å². The Balaban J connectivity index is 2.48. The second-order valence-electron chi connectivity index (χ2n) is 5.01. The lowest BCUT2D eigenvalue weighted by Crippen LogP contribution is -2.07. The summed E-state index contributed by atoms with van der Waals surface area (Å²) in [4.78, 5) is 22.4. The molecule has 0 saturated carbocycles. The number of hydrogen-bond donors (Lipinski definition) is 2. The van der Waals surface area contributed by atoms with Crippen LogP contribution in [0.1, 0.15) is 43.0 Å². The van der Waals surface area contributed by atoms with Crippen LogP contribution in [-0.4, -0.2) is 22.2 Å². The summed E-state index contributed by atoms with van der Waals surface area (Å²) < 4.78 is 0. The van der Waals surface area contributed by atoms with Crippen LogP contribution in [-0.2, 0) is 11.8 Å². The van der Waals surface area contributed by atoms with Crippen molar-refractivity contribution >= 4 is 27.9 Å². The average Bonchev–Trinajstić information content (AvgIpc) is 2.47. The van der Waals surface area contributed by atoms with E-state index in [2.05, 4.69) is 15.9 Å². The third-order valence-electron chi connectivity index (χ3n) is 3.61. The van der Waals surface area contributed by atoms with E-state index < -0.39 is 11.9 Å². The molecule has 0 atom stereocenters. The van der Waals surface area contributed by atoms with Gasteiger partial charge in [0.25, 0.3) is 0 Å². The summed E-state index contributed by atoms with van der Waals surface area (Å²) in [6, 6.07) is 10.1. The van der Waals surface area contributed by atoms with Crippen molar-refractivity contribution in [3.05, 3.63) is 69.8 Å². The Labute approximate surface area is 136 Å². The molecule has 2 aromatic carbocycles. The zero-order valence-electron chi connectivity index (χ0n) is 12.0. The highest BCUT2D eigenvalue weighted by molar-refractivity contribution is 9.08. The Morgan fingerprint density at radius 2 is 1.77 bits per heavy atom. The first kappa shape index (κ1) is 16.2. The van der Waals surface area contributed by atoms with Gasteiger partial charge < -0.3 is 10.2 Å². The van der Waals surface area contributed by atoms with E-state index in [1.54, 1.807) is 6.07 Å². The van der Waals surface area contributed by atoms with Gasteiger partial charge in [0.15, 0.2) is 0 Å². The van der Waals surface area contributed by atoms with Crippen molar-refractivity contribution in [3.8, 4) is 0 Å². The molecule has 0 heterocycles. The van der Waals surface area contributed by atoms with E-state index in [-0.39, 0.29) is 11.1 Å². The molecule has 0 unspecified atom stereocenters. The molecule has 5 heteroatoms. The number of benzene rings is 2. The molecule has 0 aliphatic carbocycles. The Hall–Kier alpha value is -2.14. The van der Waals surface area contributed by atoms with Crippen LogP contribution >= 0.6 is 15.9 Å². The minimum Gasteiger partial charge on any atom is -0.478 e. The highest BCUT2D eigenvalue weighted by Crippen LogP contribution is 2.23. The first-order chi connectivity index (χ1) is 10.4. The lowest BCUT2D eigenvalue weighted by atomic mass is 9.94. The number of carboxylic acids is 2. The molecule has 0 amide bonds. The lowest BCUT2D eigenvalue weighted by molar-refractivity contribution is 0.0695. The van der Waals surface area contributed by atoms with Crippen molar-refractivity contribution in [2.24, 2.45) is 0 Å². The first-order valence-corrected chi connectivity index (χ1v) is 7.79. The van der Waals surface area contributed by atoms with Crippen LogP contribution in [0.5, 0.6) is 0 Å². The third-order valence-corrected chi connectivity index (χ3v) is 4.17. The fourth-order valence-corrected chi connectivity index (χ4v) is 3.19. The van der Waals surface area contributed by atoms with Gasteiger partial charge in [0.2, 0.25) is 0 Å². The summed E-state index contributed by atoms with van der Waals surface area (Å²) in [5.41, 5.74) is 3.90. The minimum atomic E-state index is -1.13. The Morgan fingerprint density at radius 1 is 1.05 bits per heavy atom. The van der Waals surface area contributed by atoms with Gasteiger partial charge in [-0.1, -0.05) is 40.2 Å². The van der Waals surface area contributed by atoms with E-state index in [1.165, 1.54) is 12.1 Å². The molecule has 0 aromatic heterocycles. The van der Waals surface area contributed by atoms with Crippen LogP contribution in [0, 0.1) is 6.92 Å².